The van der Waals surface area contributed by atoms with Gasteiger partial charge in [-0.25, -0.2) is 9.83 Å². The predicted octanol–water partition coefficient (Wildman–Crippen LogP) is 4.82. The molecule has 0 saturated carbocycles. The third kappa shape index (κ3) is 1.87. The Morgan fingerprint density at radius 2 is 1.78 bits per heavy atom. The van der Waals surface area contributed by atoms with Gasteiger partial charge in [0.2, 0.25) is 0 Å². The first-order valence-corrected chi connectivity index (χ1v) is 6.43. The number of rotatable bonds is 1. The van der Waals surface area contributed by atoms with Crippen molar-refractivity contribution in [2.75, 3.05) is 0 Å². The molecule has 0 saturated heterocycles. The van der Waals surface area contributed by atoms with Gasteiger partial charge in [0.1, 0.15) is 0 Å². The largest absolute Gasteiger partial charge is 0.241 e. The highest BCUT2D eigenvalue weighted by molar-refractivity contribution is 7.18. The van der Waals surface area contributed by atoms with Crippen LogP contribution in [0.25, 0.3) is 26.2 Å². The molecule has 0 bridgehead atoms. The van der Waals surface area contributed by atoms with Crippen LogP contribution in [0.15, 0.2) is 42.5 Å². The maximum absolute atomic E-state index is 6.95. The van der Waals surface area contributed by atoms with Gasteiger partial charge in [-0.05, 0) is 30.2 Å². The van der Waals surface area contributed by atoms with Crippen molar-refractivity contribution in [1.29, 1.82) is 0 Å². The Balaban J connectivity index is 2.10. The average molecular weight is 250 g/mol. The second-order valence-corrected chi connectivity index (χ2v) is 5.31. The fourth-order valence-electron chi connectivity index (χ4n) is 1.95. The molecule has 0 atom stereocenters. The Bertz CT molecular complexity index is 748. The van der Waals surface area contributed by atoms with E-state index >= 15 is 0 Å². The highest BCUT2D eigenvalue weighted by Crippen LogP contribution is 2.28. The van der Waals surface area contributed by atoms with E-state index in [-0.39, 0.29) is 0 Å². The van der Waals surface area contributed by atoms with Gasteiger partial charge in [0.05, 0.1) is 21.8 Å². The fourth-order valence-corrected chi connectivity index (χ4v) is 2.76. The van der Waals surface area contributed by atoms with Crippen molar-refractivity contribution >= 4 is 27.2 Å². The van der Waals surface area contributed by atoms with Gasteiger partial charge < -0.3 is 0 Å². The highest BCUT2D eigenvalue weighted by atomic mass is 32.1. The fraction of sp³-hybridized carbons (Fsp3) is 0.0667. The Morgan fingerprint density at radius 1 is 1.06 bits per heavy atom. The van der Waals surface area contributed by atoms with E-state index in [1.165, 1.54) is 4.70 Å². The molecule has 0 fully saturated rings. The third-order valence-electron chi connectivity index (χ3n) is 2.82. The summed E-state index contributed by atoms with van der Waals surface area (Å²) in [5, 5.41) is 1.09. The number of fused-ring (bicyclic) bond motifs is 1. The Hall–Kier alpha value is -2.18. The molecule has 0 N–H and O–H groups in total. The predicted molar refractivity (Wildman–Crippen MR) is 76.1 cm³/mol. The van der Waals surface area contributed by atoms with Crippen LogP contribution in [-0.2, 0) is 0 Å². The summed E-state index contributed by atoms with van der Waals surface area (Å²) in [6, 6.07) is 14.0. The molecule has 86 valence electrons. The van der Waals surface area contributed by atoms with Crippen LogP contribution in [0.4, 0.5) is 5.69 Å². The van der Waals surface area contributed by atoms with Gasteiger partial charge in [-0.3, -0.25) is 0 Å². The molecule has 1 aromatic heterocycles. The third-order valence-corrected chi connectivity index (χ3v) is 3.78. The summed E-state index contributed by atoms with van der Waals surface area (Å²) >= 11 is 1.71. The lowest BCUT2D eigenvalue weighted by atomic mass is 10.1. The van der Waals surface area contributed by atoms with Crippen molar-refractivity contribution in [3.63, 3.8) is 0 Å². The van der Waals surface area contributed by atoms with E-state index in [1.54, 1.807) is 11.3 Å². The van der Waals surface area contributed by atoms with Crippen LogP contribution < -0.4 is 0 Å². The Kier molecular flexibility index (Phi) is 2.58. The average Bonchev–Trinajstić information content (AvgIpc) is 2.78. The second-order valence-electron chi connectivity index (χ2n) is 4.07. The maximum atomic E-state index is 6.95. The second kappa shape index (κ2) is 4.25. The number of aryl methyl sites for hydroxylation is 1. The molecule has 1 heterocycles. The summed E-state index contributed by atoms with van der Waals surface area (Å²) in [6.07, 6.45) is 0. The first-order valence-electron chi connectivity index (χ1n) is 5.61. The first kappa shape index (κ1) is 10.9. The monoisotopic (exact) mass is 250 g/mol. The molecular formula is C15H10N2S. The number of hydrogen-bond acceptors (Lipinski definition) is 2. The minimum absolute atomic E-state index is 0.671. The van der Waals surface area contributed by atoms with Crippen LogP contribution in [0.1, 0.15) is 5.01 Å². The summed E-state index contributed by atoms with van der Waals surface area (Å²) < 4.78 is 1.22. The van der Waals surface area contributed by atoms with Crippen LogP contribution in [0.3, 0.4) is 0 Å². The summed E-state index contributed by atoms with van der Waals surface area (Å²) in [5.74, 6) is 0. The number of thiazole rings is 1. The lowest BCUT2D eigenvalue weighted by molar-refractivity contribution is 1.35. The normalized spacial score (nSPS) is 10.4. The van der Waals surface area contributed by atoms with Gasteiger partial charge in [0.25, 0.3) is 0 Å². The van der Waals surface area contributed by atoms with E-state index in [2.05, 4.69) is 28.0 Å². The molecule has 0 radical (unpaired) electrons. The SMILES string of the molecule is [C-]#[N+]c1ccc(-c2ccc3sc(C)nc3c2)cc1. The molecule has 0 aliphatic rings. The number of aromatic nitrogens is 1. The molecule has 0 spiro atoms. The number of hydrogen-bond donors (Lipinski definition) is 0. The molecule has 0 unspecified atom stereocenters. The van der Waals surface area contributed by atoms with Gasteiger partial charge >= 0.3 is 0 Å². The standard InChI is InChI=1S/C15H10N2S/c1-10-17-14-9-12(5-8-15(14)18-10)11-3-6-13(16-2)7-4-11/h3-9H,1H3. The molecule has 2 aromatic carbocycles. The van der Waals surface area contributed by atoms with Crippen molar-refractivity contribution in [3.8, 4) is 11.1 Å². The minimum atomic E-state index is 0.671. The highest BCUT2D eigenvalue weighted by Gasteiger charge is 2.03. The number of nitrogens with zero attached hydrogens (tertiary/aromatic N) is 2. The molecular weight excluding hydrogens is 240 g/mol. The summed E-state index contributed by atoms with van der Waals surface area (Å²) in [4.78, 5) is 7.90. The zero-order valence-electron chi connectivity index (χ0n) is 9.84. The molecule has 3 rings (SSSR count). The van der Waals surface area contributed by atoms with E-state index in [4.69, 9.17) is 6.57 Å². The molecule has 0 aliphatic heterocycles. The lowest BCUT2D eigenvalue weighted by Crippen LogP contribution is -1.77. The molecule has 3 aromatic rings. The summed E-state index contributed by atoms with van der Waals surface area (Å²) in [6.45, 7) is 8.97. The van der Waals surface area contributed by atoms with E-state index in [1.807, 2.05) is 31.2 Å². The van der Waals surface area contributed by atoms with Crippen LogP contribution in [0, 0.1) is 13.5 Å². The van der Waals surface area contributed by atoms with Gasteiger partial charge in [0, 0.05) is 0 Å². The van der Waals surface area contributed by atoms with E-state index in [0.717, 1.165) is 21.7 Å². The van der Waals surface area contributed by atoms with E-state index < -0.39 is 0 Å². The van der Waals surface area contributed by atoms with Crippen LogP contribution in [0.2, 0.25) is 0 Å². The van der Waals surface area contributed by atoms with Crippen molar-refractivity contribution in [1.82, 2.24) is 4.98 Å². The smallest absolute Gasteiger partial charge is 0.187 e. The first-order chi connectivity index (χ1) is 8.76. The number of benzene rings is 2. The molecule has 3 heteroatoms. The summed E-state index contributed by atoms with van der Waals surface area (Å²) in [5.41, 5.74) is 3.98. The molecule has 2 nitrogen and oxygen atoms in total. The van der Waals surface area contributed by atoms with Gasteiger partial charge in [-0.2, -0.15) is 0 Å². The van der Waals surface area contributed by atoms with E-state index in [9.17, 15) is 0 Å². The van der Waals surface area contributed by atoms with Crippen molar-refractivity contribution in [2.45, 2.75) is 6.92 Å². The van der Waals surface area contributed by atoms with E-state index in [0.29, 0.717) is 5.69 Å². The lowest BCUT2D eigenvalue weighted by Gasteiger charge is -2.01. The minimum Gasteiger partial charge on any atom is -0.241 e. The van der Waals surface area contributed by atoms with Crippen LogP contribution in [0.5, 0.6) is 0 Å². The zero-order chi connectivity index (χ0) is 12.5. The quantitative estimate of drug-likeness (QED) is 0.566. The van der Waals surface area contributed by atoms with Crippen molar-refractivity contribution in [2.24, 2.45) is 0 Å². The molecule has 18 heavy (non-hydrogen) atoms. The molecule has 0 amide bonds. The molecule has 0 aliphatic carbocycles. The Labute approximate surface area is 109 Å². The van der Waals surface area contributed by atoms with Gasteiger partial charge in [0.15, 0.2) is 5.69 Å². The van der Waals surface area contributed by atoms with Crippen molar-refractivity contribution < 1.29 is 0 Å². The maximum Gasteiger partial charge on any atom is 0.187 e. The van der Waals surface area contributed by atoms with Gasteiger partial charge in [-0.15, -0.1) is 11.3 Å². The van der Waals surface area contributed by atoms with Gasteiger partial charge in [-0.1, -0.05) is 30.3 Å². The van der Waals surface area contributed by atoms with Crippen LogP contribution in [-0.4, -0.2) is 4.98 Å². The topological polar surface area (TPSA) is 17.2 Å². The zero-order valence-corrected chi connectivity index (χ0v) is 10.7. The Morgan fingerprint density at radius 3 is 2.50 bits per heavy atom. The van der Waals surface area contributed by atoms with Crippen molar-refractivity contribution in [3.05, 3.63) is 58.9 Å². The summed E-state index contributed by atoms with van der Waals surface area (Å²) in [7, 11) is 0. The van der Waals surface area contributed by atoms with Crippen LogP contribution >= 0.6 is 11.3 Å².